The van der Waals surface area contributed by atoms with Crippen LogP contribution in [-0.4, -0.2) is 31.1 Å². The summed E-state index contributed by atoms with van der Waals surface area (Å²) < 4.78 is 77.0. The third kappa shape index (κ3) is 4.47. The number of halogens is 5. The van der Waals surface area contributed by atoms with Crippen molar-refractivity contribution in [2.45, 2.75) is 39.3 Å². The first-order chi connectivity index (χ1) is 11.8. The molecule has 10 heteroatoms. The van der Waals surface area contributed by atoms with E-state index >= 15 is 0 Å². The zero-order chi connectivity index (χ0) is 20.4. The summed E-state index contributed by atoms with van der Waals surface area (Å²) >= 11 is 0. The molecule has 1 aromatic rings. The lowest BCUT2D eigenvalue weighted by Crippen LogP contribution is -2.28. The summed E-state index contributed by atoms with van der Waals surface area (Å²) in [5, 5.41) is 0. The van der Waals surface area contributed by atoms with E-state index in [0.29, 0.717) is 6.92 Å². The molecule has 0 aliphatic carbocycles. The van der Waals surface area contributed by atoms with E-state index in [1.54, 1.807) is 13.8 Å². The topological polar surface area (TPSA) is 65.5 Å². The van der Waals surface area contributed by atoms with Crippen LogP contribution in [0.5, 0.6) is 0 Å². The molecule has 146 valence electrons. The van der Waals surface area contributed by atoms with Crippen molar-refractivity contribution in [3.05, 3.63) is 28.1 Å². The lowest BCUT2D eigenvalue weighted by atomic mass is 9.89. The molecule has 0 aliphatic heterocycles. The van der Waals surface area contributed by atoms with E-state index in [-0.39, 0.29) is 12.3 Å². The highest BCUT2D eigenvalue weighted by molar-refractivity contribution is 5.99. The number of methoxy groups -OCH3 is 2. The molecule has 0 amide bonds. The number of aromatic nitrogens is 1. The predicted molar refractivity (Wildman–Crippen MR) is 80.0 cm³/mol. The molecule has 26 heavy (non-hydrogen) atoms. The molecule has 0 N–H and O–H groups in total. The third-order valence-corrected chi connectivity index (χ3v) is 3.38. The second-order valence-corrected chi connectivity index (χ2v) is 6.00. The van der Waals surface area contributed by atoms with Gasteiger partial charge in [-0.05, 0) is 17.9 Å². The van der Waals surface area contributed by atoms with Crippen LogP contribution in [0.25, 0.3) is 0 Å². The van der Waals surface area contributed by atoms with E-state index in [0.717, 1.165) is 14.2 Å². The van der Waals surface area contributed by atoms with Gasteiger partial charge in [-0.1, -0.05) is 13.8 Å². The molecule has 0 bridgehead atoms. The Balaban J connectivity index is 4.15. The molecular weight excluding hydrogens is 365 g/mol. The molecule has 5 nitrogen and oxygen atoms in total. The Labute approximate surface area is 146 Å². The maximum atomic E-state index is 14.0. The Morgan fingerprint density at radius 2 is 1.38 bits per heavy atom. The zero-order valence-electron chi connectivity index (χ0n) is 14.8. The van der Waals surface area contributed by atoms with E-state index < -0.39 is 52.1 Å². The summed E-state index contributed by atoms with van der Waals surface area (Å²) in [5.41, 5.74) is -5.69. The van der Waals surface area contributed by atoms with Gasteiger partial charge in [-0.15, -0.1) is 0 Å². The SMILES string of the molecule is COC(=O)c1c(C(C)(F)F)nc(C(F)(F)F)c(C(=O)OC)c1CC(C)C. The van der Waals surface area contributed by atoms with Crippen molar-refractivity contribution in [3.63, 3.8) is 0 Å². The van der Waals surface area contributed by atoms with E-state index in [9.17, 15) is 31.5 Å². The number of pyridine rings is 1. The Hall–Kier alpha value is -2.26. The van der Waals surface area contributed by atoms with Gasteiger partial charge in [-0.25, -0.2) is 14.6 Å². The molecule has 1 heterocycles. The number of alkyl halides is 5. The average molecular weight is 383 g/mol. The quantitative estimate of drug-likeness (QED) is 0.568. The van der Waals surface area contributed by atoms with Gasteiger partial charge in [0.25, 0.3) is 5.92 Å². The maximum Gasteiger partial charge on any atom is 0.434 e. The fourth-order valence-electron chi connectivity index (χ4n) is 2.41. The predicted octanol–water partition coefficient (Wildman–Crippen LogP) is 3.98. The van der Waals surface area contributed by atoms with Crippen molar-refractivity contribution in [1.82, 2.24) is 4.98 Å². The fourth-order valence-corrected chi connectivity index (χ4v) is 2.41. The van der Waals surface area contributed by atoms with Crippen molar-refractivity contribution < 1.29 is 41.0 Å². The summed E-state index contributed by atoms with van der Waals surface area (Å²) in [5.74, 6) is -7.01. The number of esters is 2. The molecule has 0 atom stereocenters. The first-order valence-corrected chi connectivity index (χ1v) is 7.44. The minimum absolute atomic E-state index is 0.274. The first kappa shape index (κ1) is 21.8. The van der Waals surface area contributed by atoms with E-state index in [1.807, 2.05) is 0 Å². The van der Waals surface area contributed by atoms with Crippen molar-refractivity contribution >= 4 is 11.9 Å². The first-order valence-electron chi connectivity index (χ1n) is 7.44. The van der Waals surface area contributed by atoms with Gasteiger partial charge >= 0.3 is 18.1 Å². The van der Waals surface area contributed by atoms with E-state index in [1.165, 1.54) is 0 Å². The highest BCUT2D eigenvalue weighted by atomic mass is 19.4. The van der Waals surface area contributed by atoms with Crippen molar-refractivity contribution in [2.75, 3.05) is 14.2 Å². The van der Waals surface area contributed by atoms with Gasteiger partial charge in [0.05, 0.1) is 25.3 Å². The molecule has 0 fully saturated rings. The summed E-state index contributed by atoms with van der Waals surface area (Å²) in [6, 6.07) is 0. The average Bonchev–Trinajstić information content (AvgIpc) is 2.49. The smallest absolute Gasteiger partial charge is 0.434 e. The standard InChI is InChI=1S/C16H18F5NO4/c1-7(2)6-8-9(13(23)25-4)11(15(3,17)18)22-12(16(19,20)21)10(8)14(24)26-5/h7H,6H2,1-5H3. The Bertz CT molecular complexity index is 656. The Morgan fingerprint density at radius 3 is 1.69 bits per heavy atom. The summed E-state index contributed by atoms with van der Waals surface area (Å²) in [6.07, 6.45) is -5.49. The molecule has 0 spiro atoms. The minimum Gasteiger partial charge on any atom is -0.465 e. The third-order valence-electron chi connectivity index (χ3n) is 3.38. The Morgan fingerprint density at radius 1 is 0.962 bits per heavy atom. The summed E-state index contributed by atoms with van der Waals surface area (Å²) in [7, 11) is 1.72. The van der Waals surface area contributed by atoms with Gasteiger partial charge in [-0.2, -0.15) is 22.0 Å². The van der Waals surface area contributed by atoms with Crippen molar-refractivity contribution in [3.8, 4) is 0 Å². The lowest BCUT2D eigenvalue weighted by molar-refractivity contribution is -0.142. The van der Waals surface area contributed by atoms with E-state index in [2.05, 4.69) is 14.5 Å². The molecule has 0 saturated heterocycles. The molecular formula is C16H18F5NO4. The molecule has 1 aromatic heterocycles. The highest BCUT2D eigenvalue weighted by Gasteiger charge is 2.45. The number of carbonyl (C=O) groups excluding carboxylic acids is 2. The molecule has 0 aromatic carbocycles. The van der Waals surface area contributed by atoms with Crippen LogP contribution in [0.2, 0.25) is 0 Å². The van der Waals surface area contributed by atoms with Gasteiger partial charge in [-0.3, -0.25) is 0 Å². The monoisotopic (exact) mass is 383 g/mol. The van der Waals surface area contributed by atoms with Gasteiger partial charge in [0, 0.05) is 6.92 Å². The van der Waals surface area contributed by atoms with Gasteiger partial charge in [0.2, 0.25) is 0 Å². The fraction of sp³-hybridized carbons (Fsp3) is 0.562. The molecule has 0 aliphatic rings. The van der Waals surface area contributed by atoms with Crippen LogP contribution < -0.4 is 0 Å². The van der Waals surface area contributed by atoms with Gasteiger partial charge in [0.1, 0.15) is 5.69 Å². The van der Waals surface area contributed by atoms with Crippen LogP contribution in [0.3, 0.4) is 0 Å². The number of hydrogen-bond acceptors (Lipinski definition) is 5. The summed E-state index contributed by atoms with van der Waals surface area (Å²) in [6.45, 7) is 3.47. The molecule has 1 rings (SSSR count). The molecule has 0 unspecified atom stereocenters. The highest BCUT2D eigenvalue weighted by Crippen LogP contribution is 2.39. The lowest BCUT2D eigenvalue weighted by Gasteiger charge is -2.23. The van der Waals surface area contributed by atoms with Crippen LogP contribution in [0.15, 0.2) is 0 Å². The second kappa shape index (κ2) is 7.55. The van der Waals surface area contributed by atoms with Crippen LogP contribution in [0, 0.1) is 5.92 Å². The zero-order valence-corrected chi connectivity index (χ0v) is 14.8. The number of rotatable bonds is 5. The van der Waals surface area contributed by atoms with E-state index in [4.69, 9.17) is 0 Å². The van der Waals surface area contributed by atoms with Crippen LogP contribution >= 0.6 is 0 Å². The van der Waals surface area contributed by atoms with Crippen LogP contribution in [-0.2, 0) is 28.0 Å². The van der Waals surface area contributed by atoms with Crippen LogP contribution in [0.1, 0.15) is 58.4 Å². The largest absolute Gasteiger partial charge is 0.465 e. The Kier molecular flexibility index (Phi) is 6.32. The number of nitrogens with zero attached hydrogens (tertiary/aromatic N) is 1. The second-order valence-electron chi connectivity index (χ2n) is 6.00. The number of hydrogen-bond donors (Lipinski definition) is 0. The van der Waals surface area contributed by atoms with Crippen molar-refractivity contribution in [2.24, 2.45) is 5.92 Å². The van der Waals surface area contributed by atoms with Crippen LogP contribution in [0.4, 0.5) is 22.0 Å². The molecule has 0 radical (unpaired) electrons. The minimum atomic E-state index is -5.22. The number of carbonyl (C=O) groups is 2. The van der Waals surface area contributed by atoms with Gasteiger partial charge < -0.3 is 9.47 Å². The van der Waals surface area contributed by atoms with Crippen molar-refractivity contribution in [1.29, 1.82) is 0 Å². The molecule has 0 saturated carbocycles. The maximum absolute atomic E-state index is 14.0. The summed E-state index contributed by atoms with van der Waals surface area (Å²) in [4.78, 5) is 27.0. The number of ether oxygens (including phenoxy) is 2. The normalized spacial score (nSPS) is 12.3. The van der Waals surface area contributed by atoms with Gasteiger partial charge in [0.15, 0.2) is 5.69 Å².